The predicted octanol–water partition coefficient (Wildman–Crippen LogP) is 16.7. The van der Waals surface area contributed by atoms with E-state index in [0.717, 1.165) is 24.1 Å². The fourth-order valence-electron chi connectivity index (χ4n) is 8.68. The third-order valence-corrected chi connectivity index (χ3v) is 11.9. The molecule has 2 heteroatoms. The molecule has 0 aromatic heterocycles. The van der Waals surface area contributed by atoms with E-state index in [9.17, 15) is 0 Å². The Morgan fingerprint density at radius 1 is 0.531 bits per heavy atom. The van der Waals surface area contributed by atoms with Gasteiger partial charge in [0.15, 0.2) is 0 Å². The van der Waals surface area contributed by atoms with E-state index in [1.165, 1.54) is 77.9 Å². The van der Waals surface area contributed by atoms with Crippen molar-refractivity contribution in [3.8, 4) is 22.3 Å². The van der Waals surface area contributed by atoms with Crippen LogP contribution in [-0.4, -0.2) is 13.8 Å². The lowest BCUT2D eigenvalue weighted by Gasteiger charge is -2.24. The number of hydrogen-bond acceptors (Lipinski definition) is 2. The summed E-state index contributed by atoms with van der Waals surface area (Å²) in [6, 6.07) is 65.2. The first kappa shape index (κ1) is 46.6. The first-order valence-corrected chi connectivity index (χ1v) is 23.0. The third kappa shape index (κ3) is 11.0. The highest BCUT2D eigenvalue weighted by Crippen LogP contribution is 2.43. The summed E-state index contributed by atoms with van der Waals surface area (Å²) in [6.07, 6.45) is 11.3. The van der Waals surface area contributed by atoms with Gasteiger partial charge in [0, 0.05) is 5.92 Å². The van der Waals surface area contributed by atoms with Gasteiger partial charge >= 0.3 is 0 Å². The number of benzene rings is 7. The number of hydrogen-bond donors (Lipinski definition) is 1. The van der Waals surface area contributed by atoms with Crippen LogP contribution >= 0.6 is 0 Å². The number of allylic oxidation sites excluding steroid dienone is 6. The summed E-state index contributed by atoms with van der Waals surface area (Å²) >= 11 is 0. The quantitative estimate of drug-likeness (QED) is 0.115. The van der Waals surface area contributed by atoms with Crippen LogP contribution in [0.25, 0.3) is 39.1 Å². The molecule has 0 bridgehead atoms. The lowest BCUT2D eigenvalue weighted by Crippen LogP contribution is -2.14. The molecule has 0 saturated carbocycles. The molecule has 64 heavy (non-hydrogen) atoms. The molecule has 0 spiro atoms. The summed E-state index contributed by atoms with van der Waals surface area (Å²) in [6.45, 7) is 16.5. The van der Waals surface area contributed by atoms with Crippen molar-refractivity contribution in [1.29, 1.82) is 0 Å². The molecule has 8 rings (SSSR count). The van der Waals surface area contributed by atoms with Crippen molar-refractivity contribution in [2.24, 2.45) is 4.99 Å². The SMILES string of the molecule is C=N/C(=C\C(c1ccccc1)c1ccc(-c2ccc(C3=CC=C(/C(=C/C(NC)c4ccccc4)c4ccccc4)CC3)c(-c3ccccc3C)c2C)cc1)c1ccccc1.CC.CC. The second-order valence-corrected chi connectivity index (χ2v) is 15.6. The van der Waals surface area contributed by atoms with Gasteiger partial charge < -0.3 is 5.32 Å². The minimum atomic E-state index is 0.0165. The van der Waals surface area contributed by atoms with Crippen LogP contribution in [0.4, 0.5) is 0 Å². The molecule has 2 unspecified atom stereocenters. The predicted molar refractivity (Wildman–Crippen MR) is 280 cm³/mol. The first-order valence-electron chi connectivity index (χ1n) is 23.0. The van der Waals surface area contributed by atoms with Gasteiger partial charge in [0.2, 0.25) is 0 Å². The van der Waals surface area contributed by atoms with E-state index in [1.54, 1.807) is 0 Å². The van der Waals surface area contributed by atoms with Crippen LogP contribution in [0.1, 0.15) is 97.0 Å². The number of aliphatic imine (C=N–C) groups is 1. The number of aryl methyl sites for hydroxylation is 1. The van der Waals surface area contributed by atoms with Crippen molar-refractivity contribution < 1.29 is 0 Å². The van der Waals surface area contributed by atoms with Gasteiger partial charge in [-0.3, -0.25) is 4.99 Å². The van der Waals surface area contributed by atoms with E-state index in [2.05, 4.69) is 219 Å². The van der Waals surface area contributed by atoms with E-state index in [-0.39, 0.29) is 12.0 Å². The fourth-order valence-corrected chi connectivity index (χ4v) is 8.68. The molecule has 1 aliphatic rings. The average molecular weight is 837 g/mol. The first-order chi connectivity index (χ1) is 31.5. The maximum Gasteiger partial charge on any atom is 0.0664 e. The highest BCUT2D eigenvalue weighted by molar-refractivity contribution is 5.91. The summed E-state index contributed by atoms with van der Waals surface area (Å²) in [5.74, 6) is 0.0165. The van der Waals surface area contributed by atoms with Crippen molar-refractivity contribution in [2.75, 3.05) is 7.05 Å². The summed E-state index contributed by atoms with van der Waals surface area (Å²) < 4.78 is 0. The molecule has 0 amide bonds. The molecule has 1 aliphatic carbocycles. The highest BCUT2D eigenvalue weighted by atomic mass is 14.9. The lowest BCUT2D eigenvalue weighted by molar-refractivity contribution is 0.715. The molecule has 1 N–H and O–H groups in total. The van der Waals surface area contributed by atoms with Gasteiger partial charge in [-0.05, 0) is 130 Å². The fraction of sp³-hybridized carbons (Fsp3) is 0.177. The van der Waals surface area contributed by atoms with Crippen LogP contribution in [-0.2, 0) is 0 Å². The second kappa shape index (κ2) is 23.5. The molecule has 0 saturated heterocycles. The Balaban J connectivity index is 0.00000165. The third-order valence-electron chi connectivity index (χ3n) is 11.9. The number of nitrogens with one attached hydrogen (secondary N) is 1. The zero-order valence-corrected chi connectivity index (χ0v) is 38.9. The summed E-state index contributed by atoms with van der Waals surface area (Å²) in [4.78, 5) is 4.47. The average Bonchev–Trinajstić information content (AvgIpc) is 3.37. The number of likely N-dealkylation sites (N-methyl/N-ethyl adjacent to an activating group) is 1. The monoisotopic (exact) mass is 837 g/mol. The van der Waals surface area contributed by atoms with Gasteiger partial charge in [0.1, 0.15) is 0 Å². The van der Waals surface area contributed by atoms with Crippen LogP contribution in [0.2, 0.25) is 0 Å². The summed E-state index contributed by atoms with van der Waals surface area (Å²) in [5, 5.41) is 3.55. The molecule has 0 aliphatic heterocycles. The summed E-state index contributed by atoms with van der Waals surface area (Å²) in [7, 11) is 2.04. The number of rotatable bonds is 13. The zero-order valence-electron chi connectivity index (χ0n) is 38.9. The van der Waals surface area contributed by atoms with Crippen molar-refractivity contribution in [2.45, 2.75) is 66.3 Å². The Labute approximate surface area is 384 Å². The van der Waals surface area contributed by atoms with Gasteiger partial charge in [-0.15, -0.1) is 0 Å². The van der Waals surface area contributed by atoms with E-state index < -0.39 is 0 Å². The summed E-state index contributed by atoms with van der Waals surface area (Å²) in [5.41, 5.74) is 19.8. The minimum Gasteiger partial charge on any atom is -0.310 e. The Morgan fingerprint density at radius 2 is 1.06 bits per heavy atom. The van der Waals surface area contributed by atoms with Crippen molar-refractivity contribution in [3.63, 3.8) is 0 Å². The van der Waals surface area contributed by atoms with Gasteiger partial charge in [-0.25, -0.2) is 0 Å². The van der Waals surface area contributed by atoms with E-state index in [1.807, 2.05) is 52.9 Å². The molecule has 7 aromatic carbocycles. The second-order valence-electron chi connectivity index (χ2n) is 15.6. The molecular formula is C62H64N2. The van der Waals surface area contributed by atoms with E-state index in [0.29, 0.717) is 0 Å². The van der Waals surface area contributed by atoms with Crippen molar-refractivity contribution in [1.82, 2.24) is 5.32 Å². The molecule has 0 fully saturated rings. The number of nitrogens with zero attached hydrogens (tertiary/aromatic N) is 1. The molecule has 0 heterocycles. The van der Waals surface area contributed by atoms with Crippen LogP contribution in [0.5, 0.6) is 0 Å². The zero-order chi connectivity index (χ0) is 45.3. The Morgan fingerprint density at radius 3 is 1.62 bits per heavy atom. The molecular weight excluding hydrogens is 773 g/mol. The lowest BCUT2D eigenvalue weighted by atomic mass is 9.81. The van der Waals surface area contributed by atoms with Gasteiger partial charge in [-0.2, -0.15) is 0 Å². The molecule has 7 aromatic rings. The van der Waals surface area contributed by atoms with Gasteiger partial charge in [-0.1, -0.05) is 228 Å². The van der Waals surface area contributed by atoms with Gasteiger partial charge in [0.25, 0.3) is 0 Å². The molecule has 0 radical (unpaired) electrons. The Hall–Kier alpha value is -6.87. The van der Waals surface area contributed by atoms with Crippen LogP contribution in [0, 0.1) is 13.8 Å². The maximum absolute atomic E-state index is 4.47. The Kier molecular flexibility index (Phi) is 17.2. The molecule has 2 nitrogen and oxygen atoms in total. The standard InChI is InChI=1S/C58H52N2.2C2H6/c1-41-19-17-18-28-51(41)58-42(2)52(45-29-33-47(34-30-45)54(43-20-9-5-10-21-43)39-56(59-3)49-24-13-7-14-25-49)37-38-53(58)46-31-35-48(36-32-46)55(44-22-11-6-12-23-44)40-57(60-4)50-26-15-8-16-27-50;2*1-2/h5-31,33-35,37-40,54,57,60H,3,32,36H2,1-2,4H3;2*1-2H3/b55-40+,56-39-;;. The molecule has 322 valence electrons. The largest absolute Gasteiger partial charge is 0.310 e. The van der Waals surface area contributed by atoms with Crippen LogP contribution < -0.4 is 5.32 Å². The topological polar surface area (TPSA) is 24.4 Å². The van der Waals surface area contributed by atoms with Crippen LogP contribution in [0.15, 0.2) is 217 Å². The molecule has 2 atom stereocenters. The normalized spacial score (nSPS) is 13.5. The van der Waals surface area contributed by atoms with E-state index >= 15 is 0 Å². The van der Waals surface area contributed by atoms with Crippen molar-refractivity contribution >= 4 is 23.6 Å². The smallest absolute Gasteiger partial charge is 0.0664 e. The minimum absolute atomic E-state index is 0.0165. The van der Waals surface area contributed by atoms with Crippen LogP contribution in [0.3, 0.4) is 0 Å². The van der Waals surface area contributed by atoms with E-state index in [4.69, 9.17) is 0 Å². The van der Waals surface area contributed by atoms with Crippen molar-refractivity contribution in [3.05, 3.63) is 256 Å². The van der Waals surface area contributed by atoms with Gasteiger partial charge in [0.05, 0.1) is 11.7 Å². The highest BCUT2D eigenvalue weighted by Gasteiger charge is 2.22. The Bertz CT molecular complexity index is 2680. The maximum atomic E-state index is 4.47.